The van der Waals surface area contributed by atoms with E-state index in [-0.39, 0.29) is 11.6 Å². The third kappa shape index (κ3) is 5.06. The Morgan fingerprint density at radius 3 is 2.08 bits per heavy atom. The molecule has 1 atom stereocenters. The van der Waals surface area contributed by atoms with Crippen molar-refractivity contribution in [2.24, 2.45) is 0 Å². The molecule has 0 spiro atoms. The van der Waals surface area contributed by atoms with Crippen LogP contribution in [-0.2, 0) is 6.18 Å². The first-order valence-electron chi connectivity index (χ1n) is 7.87. The number of likely N-dealkylation sites (N-methyl/N-ethyl adjacent to an activating group) is 1. The lowest BCUT2D eigenvalue weighted by molar-refractivity contribution is -0.137. The maximum atomic E-state index is 12.6. The van der Waals surface area contributed by atoms with Gasteiger partial charge in [0.25, 0.3) is 5.91 Å². The fraction of sp³-hybridized carbons (Fsp3) is 0.316. The van der Waals surface area contributed by atoms with E-state index in [1.54, 1.807) is 0 Å². The van der Waals surface area contributed by atoms with Gasteiger partial charge in [-0.25, -0.2) is 0 Å². The van der Waals surface area contributed by atoms with Crippen molar-refractivity contribution in [3.63, 3.8) is 0 Å². The van der Waals surface area contributed by atoms with Crippen molar-refractivity contribution in [3.05, 3.63) is 70.8 Å². The van der Waals surface area contributed by atoms with Gasteiger partial charge in [-0.1, -0.05) is 29.8 Å². The van der Waals surface area contributed by atoms with Gasteiger partial charge in [-0.2, -0.15) is 13.2 Å². The summed E-state index contributed by atoms with van der Waals surface area (Å²) >= 11 is 0. The van der Waals surface area contributed by atoms with Gasteiger partial charge in [0.15, 0.2) is 0 Å². The summed E-state index contributed by atoms with van der Waals surface area (Å²) in [5.41, 5.74) is 1.64. The molecule has 0 saturated carbocycles. The van der Waals surface area contributed by atoms with Crippen LogP contribution in [0.25, 0.3) is 0 Å². The molecule has 0 radical (unpaired) electrons. The van der Waals surface area contributed by atoms with Gasteiger partial charge in [0.1, 0.15) is 0 Å². The predicted octanol–water partition coefficient (Wildman–Crippen LogP) is 4.05. The topological polar surface area (TPSA) is 32.3 Å². The highest BCUT2D eigenvalue weighted by Gasteiger charge is 2.30. The van der Waals surface area contributed by atoms with Gasteiger partial charge in [0.05, 0.1) is 11.6 Å². The van der Waals surface area contributed by atoms with Crippen LogP contribution in [0.3, 0.4) is 0 Å². The Kier molecular flexibility index (Phi) is 5.85. The Morgan fingerprint density at radius 2 is 1.60 bits per heavy atom. The van der Waals surface area contributed by atoms with Gasteiger partial charge in [0, 0.05) is 12.1 Å². The van der Waals surface area contributed by atoms with E-state index >= 15 is 0 Å². The molecule has 1 amide bonds. The average molecular weight is 350 g/mol. The lowest BCUT2D eigenvalue weighted by Gasteiger charge is -2.25. The summed E-state index contributed by atoms with van der Waals surface area (Å²) in [7, 11) is 3.82. The number of carbonyl (C=O) groups is 1. The van der Waals surface area contributed by atoms with E-state index in [0.717, 1.165) is 23.3 Å². The van der Waals surface area contributed by atoms with Crippen molar-refractivity contribution < 1.29 is 18.0 Å². The summed E-state index contributed by atoms with van der Waals surface area (Å²) in [6.07, 6.45) is -4.41. The highest BCUT2D eigenvalue weighted by atomic mass is 19.4. The largest absolute Gasteiger partial charge is 0.416 e. The van der Waals surface area contributed by atoms with Crippen molar-refractivity contribution in [3.8, 4) is 0 Å². The van der Waals surface area contributed by atoms with Gasteiger partial charge in [-0.05, 0) is 50.8 Å². The van der Waals surface area contributed by atoms with Crippen molar-refractivity contribution in [2.45, 2.75) is 19.1 Å². The number of benzene rings is 2. The predicted molar refractivity (Wildman–Crippen MR) is 91.4 cm³/mol. The molecule has 1 N–H and O–H groups in total. The van der Waals surface area contributed by atoms with Crippen LogP contribution in [0.1, 0.15) is 33.1 Å². The third-order valence-electron chi connectivity index (χ3n) is 4.02. The molecule has 0 aliphatic carbocycles. The minimum Gasteiger partial charge on any atom is -0.350 e. The molecule has 0 fully saturated rings. The molecular weight excluding hydrogens is 329 g/mol. The van der Waals surface area contributed by atoms with Gasteiger partial charge in [-0.15, -0.1) is 0 Å². The highest BCUT2D eigenvalue weighted by molar-refractivity contribution is 5.94. The van der Waals surface area contributed by atoms with Crippen molar-refractivity contribution in [1.29, 1.82) is 0 Å². The van der Waals surface area contributed by atoms with Crippen LogP contribution in [0.15, 0.2) is 48.5 Å². The number of nitrogens with one attached hydrogen (secondary N) is 1. The molecule has 0 bridgehead atoms. The van der Waals surface area contributed by atoms with Crippen LogP contribution < -0.4 is 5.32 Å². The van der Waals surface area contributed by atoms with E-state index in [4.69, 9.17) is 0 Å². The first-order chi connectivity index (χ1) is 11.7. The minimum absolute atomic E-state index is 0.0287. The van der Waals surface area contributed by atoms with Crippen LogP contribution in [0.2, 0.25) is 0 Å². The third-order valence-corrected chi connectivity index (χ3v) is 4.02. The van der Waals surface area contributed by atoms with E-state index in [1.807, 2.05) is 50.2 Å². The molecule has 0 heterocycles. The van der Waals surface area contributed by atoms with Crippen LogP contribution in [0.4, 0.5) is 13.2 Å². The number of carbonyl (C=O) groups excluding carboxylic acids is 1. The minimum atomic E-state index is -4.41. The summed E-state index contributed by atoms with van der Waals surface area (Å²) < 4.78 is 37.7. The first kappa shape index (κ1) is 19.0. The molecule has 0 aromatic heterocycles. The number of rotatable bonds is 5. The SMILES string of the molecule is Cc1ccc([C@H](CNC(=O)c2ccc(C(F)(F)F)cc2)N(C)C)cc1. The van der Waals surface area contributed by atoms with Gasteiger partial charge >= 0.3 is 6.18 Å². The fourth-order valence-electron chi connectivity index (χ4n) is 2.49. The number of hydrogen-bond acceptors (Lipinski definition) is 2. The van der Waals surface area contributed by atoms with E-state index in [9.17, 15) is 18.0 Å². The molecule has 0 saturated heterocycles. The molecule has 0 aliphatic heterocycles. The first-order valence-corrected chi connectivity index (χ1v) is 7.87. The summed E-state index contributed by atoms with van der Waals surface area (Å²) in [5.74, 6) is -0.396. The summed E-state index contributed by atoms with van der Waals surface area (Å²) in [6.45, 7) is 2.36. The normalized spacial score (nSPS) is 12.9. The maximum Gasteiger partial charge on any atom is 0.416 e. The quantitative estimate of drug-likeness (QED) is 0.882. The fourth-order valence-corrected chi connectivity index (χ4v) is 2.49. The van der Waals surface area contributed by atoms with Crippen molar-refractivity contribution in [2.75, 3.05) is 20.6 Å². The second-order valence-corrected chi connectivity index (χ2v) is 6.18. The van der Waals surface area contributed by atoms with E-state index in [1.165, 1.54) is 12.1 Å². The lowest BCUT2D eigenvalue weighted by atomic mass is 10.0. The Bertz CT molecular complexity index is 707. The summed E-state index contributed by atoms with van der Waals surface area (Å²) in [6, 6.07) is 12.2. The van der Waals surface area contributed by atoms with Crippen molar-refractivity contribution >= 4 is 5.91 Å². The number of nitrogens with zero attached hydrogens (tertiary/aromatic N) is 1. The van der Waals surface area contributed by atoms with Crippen LogP contribution in [0, 0.1) is 6.92 Å². The Hall–Kier alpha value is -2.34. The lowest BCUT2D eigenvalue weighted by Crippen LogP contribution is -2.34. The van der Waals surface area contributed by atoms with Gasteiger partial charge in [-0.3, -0.25) is 4.79 Å². The second kappa shape index (κ2) is 7.70. The van der Waals surface area contributed by atoms with Crippen molar-refractivity contribution in [1.82, 2.24) is 10.2 Å². The molecule has 2 aromatic rings. The molecule has 0 unspecified atom stereocenters. The zero-order valence-corrected chi connectivity index (χ0v) is 14.4. The Labute approximate surface area is 145 Å². The molecule has 2 rings (SSSR count). The summed E-state index contributed by atoms with van der Waals surface area (Å²) in [5, 5.41) is 2.79. The van der Waals surface area contributed by atoms with Crippen LogP contribution >= 0.6 is 0 Å². The maximum absolute atomic E-state index is 12.6. The van der Waals surface area contributed by atoms with Crippen LogP contribution in [-0.4, -0.2) is 31.4 Å². The average Bonchev–Trinajstić information content (AvgIpc) is 2.55. The smallest absolute Gasteiger partial charge is 0.350 e. The number of alkyl halides is 3. The standard InChI is InChI=1S/C19H21F3N2O/c1-13-4-6-14(7-5-13)17(24(2)3)12-23-18(25)15-8-10-16(11-9-15)19(20,21)22/h4-11,17H,12H2,1-3H3,(H,23,25)/t17-/m0/s1. The highest BCUT2D eigenvalue weighted by Crippen LogP contribution is 2.29. The monoisotopic (exact) mass is 350 g/mol. The van der Waals surface area contributed by atoms with Gasteiger partial charge in [0.2, 0.25) is 0 Å². The number of aryl methyl sites for hydroxylation is 1. The van der Waals surface area contributed by atoms with E-state index in [2.05, 4.69) is 5.32 Å². The molecular formula is C19H21F3N2O. The van der Waals surface area contributed by atoms with Gasteiger partial charge < -0.3 is 10.2 Å². The van der Waals surface area contributed by atoms with E-state index < -0.39 is 17.6 Å². The summed E-state index contributed by atoms with van der Waals surface area (Å²) in [4.78, 5) is 14.2. The Morgan fingerprint density at radius 1 is 1.04 bits per heavy atom. The molecule has 2 aromatic carbocycles. The Balaban J connectivity index is 2.05. The molecule has 134 valence electrons. The number of amides is 1. The zero-order valence-electron chi connectivity index (χ0n) is 14.4. The van der Waals surface area contributed by atoms with E-state index in [0.29, 0.717) is 6.54 Å². The zero-order chi connectivity index (χ0) is 18.6. The number of hydrogen-bond donors (Lipinski definition) is 1. The van der Waals surface area contributed by atoms with Crippen LogP contribution in [0.5, 0.6) is 0 Å². The molecule has 3 nitrogen and oxygen atoms in total. The molecule has 0 aliphatic rings. The molecule has 25 heavy (non-hydrogen) atoms. The molecule has 6 heteroatoms. The number of halogens is 3. The second-order valence-electron chi connectivity index (χ2n) is 6.18.